The lowest BCUT2D eigenvalue weighted by molar-refractivity contribution is -0.122. The van der Waals surface area contributed by atoms with Crippen LogP contribution in [-0.2, 0) is 4.79 Å². The summed E-state index contributed by atoms with van der Waals surface area (Å²) < 4.78 is 0. The first-order chi connectivity index (χ1) is 7.50. The van der Waals surface area contributed by atoms with Crippen molar-refractivity contribution in [3.8, 4) is 5.75 Å². The van der Waals surface area contributed by atoms with Crippen LogP contribution in [0.4, 0.5) is 0 Å². The summed E-state index contributed by atoms with van der Waals surface area (Å²) in [6.07, 6.45) is 0. The minimum absolute atomic E-state index is 0.0272. The van der Waals surface area contributed by atoms with Gasteiger partial charge in [0, 0.05) is 6.54 Å². The smallest absolute Gasteiger partial charge is 0.227 e. The highest BCUT2D eigenvalue weighted by atomic mass is 16.3. The number of phenolic OH excluding ortho intramolecular Hbond substituents is 1. The van der Waals surface area contributed by atoms with Gasteiger partial charge in [-0.15, -0.1) is 0 Å². The lowest BCUT2D eigenvalue weighted by Gasteiger charge is -2.13. The summed E-state index contributed by atoms with van der Waals surface area (Å²) in [6, 6.07) is 6.74. The highest BCUT2D eigenvalue weighted by Gasteiger charge is 2.14. The lowest BCUT2D eigenvalue weighted by atomic mass is 10.00. The quantitative estimate of drug-likeness (QED) is 0.819. The van der Waals surface area contributed by atoms with Crippen LogP contribution in [0.5, 0.6) is 5.75 Å². The summed E-state index contributed by atoms with van der Waals surface area (Å²) in [5, 5.41) is 12.0. The van der Waals surface area contributed by atoms with Crippen LogP contribution in [0.15, 0.2) is 24.3 Å². The third kappa shape index (κ3) is 3.57. The van der Waals surface area contributed by atoms with E-state index in [1.54, 1.807) is 24.3 Å². The normalized spacial score (nSPS) is 12.5. The largest absolute Gasteiger partial charge is 0.508 e. The van der Waals surface area contributed by atoms with Crippen molar-refractivity contribution in [2.75, 3.05) is 6.54 Å². The summed E-state index contributed by atoms with van der Waals surface area (Å²) in [7, 11) is 0. The molecule has 0 heterocycles. The van der Waals surface area contributed by atoms with Gasteiger partial charge in [-0.05, 0) is 30.5 Å². The van der Waals surface area contributed by atoms with E-state index in [-0.39, 0.29) is 17.6 Å². The number of benzene rings is 1. The molecule has 16 heavy (non-hydrogen) atoms. The molecule has 0 aliphatic heterocycles. The number of phenols is 1. The van der Waals surface area contributed by atoms with Gasteiger partial charge in [0.15, 0.2) is 0 Å². The molecule has 0 saturated heterocycles. The Morgan fingerprint density at radius 3 is 2.31 bits per heavy atom. The standard InChI is InChI=1S/C13H19NO2/c1-9(2)8-14-13(16)10(3)11-4-6-12(15)7-5-11/h4-7,9-10,15H,8H2,1-3H3,(H,14,16). The molecule has 1 atom stereocenters. The SMILES string of the molecule is CC(C)CNC(=O)C(C)c1ccc(O)cc1. The van der Waals surface area contributed by atoms with E-state index in [0.29, 0.717) is 12.5 Å². The summed E-state index contributed by atoms with van der Waals surface area (Å²) >= 11 is 0. The van der Waals surface area contributed by atoms with Crippen LogP contribution < -0.4 is 5.32 Å². The van der Waals surface area contributed by atoms with Crippen LogP contribution in [0.1, 0.15) is 32.3 Å². The van der Waals surface area contributed by atoms with Gasteiger partial charge >= 0.3 is 0 Å². The van der Waals surface area contributed by atoms with Gasteiger partial charge in [-0.1, -0.05) is 26.0 Å². The average molecular weight is 221 g/mol. The van der Waals surface area contributed by atoms with Crippen molar-refractivity contribution in [1.29, 1.82) is 0 Å². The number of hydrogen-bond acceptors (Lipinski definition) is 2. The maximum Gasteiger partial charge on any atom is 0.227 e. The third-order valence-electron chi connectivity index (χ3n) is 2.47. The van der Waals surface area contributed by atoms with Crippen LogP contribution in [0.3, 0.4) is 0 Å². The summed E-state index contributed by atoms with van der Waals surface area (Å²) in [5.41, 5.74) is 0.916. The van der Waals surface area contributed by atoms with E-state index in [4.69, 9.17) is 5.11 Å². The number of carbonyl (C=O) groups excluding carboxylic acids is 1. The van der Waals surface area contributed by atoms with Gasteiger partial charge in [0.25, 0.3) is 0 Å². The van der Waals surface area contributed by atoms with Gasteiger partial charge in [0.05, 0.1) is 5.92 Å². The minimum atomic E-state index is -0.181. The molecule has 0 aromatic heterocycles. The van der Waals surface area contributed by atoms with Crippen LogP contribution in [0, 0.1) is 5.92 Å². The molecule has 2 N–H and O–H groups in total. The number of nitrogens with one attached hydrogen (secondary N) is 1. The van der Waals surface area contributed by atoms with E-state index in [2.05, 4.69) is 19.2 Å². The van der Waals surface area contributed by atoms with E-state index in [1.165, 1.54) is 0 Å². The van der Waals surface area contributed by atoms with E-state index in [0.717, 1.165) is 5.56 Å². The van der Waals surface area contributed by atoms with E-state index < -0.39 is 0 Å². The number of aromatic hydroxyl groups is 1. The number of carbonyl (C=O) groups is 1. The predicted octanol–water partition coefficient (Wildman–Crippen LogP) is 2.27. The maximum atomic E-state index is 11.8. The van der Waals surface area contributed by atoms with E-state index in [1.807, 2.05) is 6.92 Å². The molecule has 88 valence electrons. The van der Waals surface area contributed by atoms with Gasteiger partial charge in [-0.3, -0.25) is 4.79 Å². The molecule has 0 aliphatic rings. The molecular weight excluding hydrogens is 202 g/mol. The molecule has 0 radical (unpaired) electrons. The average Bonchev–Trinajstić information content (AvgIpc) is 2.26. The number of rotatable bonds is 4. The molecule has 0 fully saturated rings. The zero-order valence-corrected chi connectivity index (χ0v) is 10.0. The van der Waals surface area contributed by atoms with Crippen molar-refractivity contribution >= 4 is 5.91 Å². The number of hydrogen-bond donors (Lipinski definition) is 2. The van der Waals surface area contributed by atoms with Gasteiger partial charge in [-0.25, -0.2) is 0 Å². The summed E-state index contributed by atoms with van der Waals surface area (Å²) in [4.78, 5) is 11.8. The maximum absolute atomic E-state index is 11.8. The molecule has 1 amide bonds. The van der Waals surface area contributed by atoms with Crippen molar-refractivity contribution in [1.82, 2.24) is 5.32 Å². The fraction of sp³-hybridized carbons (Fsp3) is 0.462. The molecule has 1 rings (SSSR count). The first-order valence-corrected chi connectivity index (χ1v) is 5.57. The van der Waals surface area contributed by atoms with Gasteiger partial charge in [-0.2, -0.15) is 0 Å². The van der Waals surface area contributed by atoms with Crippen molar-refractivity contribution in [3.63, 3.8) is 0 Å². The van der Waals surface area contributed by atoms with Gasteiger partial charge in [0.2, 0.25) is 5.91 Å². The lowest BCUT2D eigenvalue weighted by Crippen LogP contribution is -2.31. The summed E-state index contributed by atoms with van der Waals surface area (Å²) in [5.74, 6) is 0.522. The Bertz CT molecular complexity index is 343. The topological polar surface area (TPSA) is 49.3 Å². The highest BCUT2D eigenvalue weighted by Crippen LogP contribution is 2.18. The van der Waals surface area contributed by atoms with E-state index >= 15 is 0 Å². The monoisotopic (exact) mass is 221 g/mol. The molecule has 3 heteroatoms. The van der Waals surface area contributed by atoms with Crippen LogP contribution in [0.2, 0.25) is 0 Å². The Morgan fingerprint density at radius 2 is 1.81 bits per heavy atom. The molecule has 0 bridgehead atoms. The minimum Gasteiger partial charge on any atom is -0.508 e. The molecule has 0 saturated carbocycles. The molecule has 3 nitrogen and oxygen atoms in total. The van der Waals surface area contributed by atoms with Crippen molar-refractivity contribution in [3.05, 3.63) is 29.8 Å². The highest BCUT2D eigenvalue weighted by molar-refractivity contribution is 5.83. The molecule has 0 aliphatic carbocycles. The van der Waals surface area contributed by atoms with Crippen LogP contribution in [-0.4, -0.2) is 17.6 Å². The molecule has 1 aromatic rings. The van der Waals surface area contributed by atoms with Crippen molar-refractivity contribution in [2.24, 2.45) is 5.92 Å². The Kier molecular flexibility index (Phi) is 4.35. The zero-order valence-electron chi connectivity index (χ0n) is 10.0. The van der Waals surface area contributed by atoms with Gasteiger partial charge < -0.3 is 10.4 Å². The molecule has 1 aromatic carbocycles. The fourth-order valence-corrected chi connectivity index (χ4v) is 1.37. The first-order valence-electron chi connectivity index (χ1n) is 5.57. The molecular formula is C13H19NO2. The molecule has 1 unspecified atom stereocenters. The first kappa shape index (κ1) is 12.6. The number of amides is 1. The third-order valence-corrected chi connectivity index (χ3v) is 2.47. The van der Waals surface area contributed by atoms with Crippen LogP contribution >= 0.6 is 0 Å². The second-order valence-corrected chi connectivity index (χ2v) is 4.45. The Balaban J connectivity index is 2.59. The Hall–Kier alpha value is -1.51. The fourth-order valence-electron chi connectivity index (χ4n) is 1.37. The molecule has 0 spiro atoms. The second-order valence-electron chi connectivity index (χ2n) is 4.45. The Morgan fingerprint density at radius 1 is 1.25 bits per heavy atom. The van der Waals surface area contributed by atoms with Crippen LogP contribution in [0.25, 0.3) is 0 Å². The van der Waals surface area contributed by atoms with Crippen molar-refractivity contribution < 1.29 is 9.90 Å². The summed E-state index contributed by atoms with van der Waals surface area (Å²) in [6.45, 7) is 6.68. The van der Waals surface area contributed by atoms with Gasteiger partial charge in [0.1, 0.15) is 5.75 Å². The zero-order chi connectivity index (χ0) is 12.1. The van der Waals surface area contributed by atoms with Crippen molar-refractivity contribution in [2.45, 2.75) is 26.7 Å². The van der Waals surface area contributed by atoms with E-state index in [9.17, 15) is 4.79 Å². The Labute approximate surface area is 96.5 Å². The second kappa shape index (κ2) is 5.54. The predicted molar refractivity (Wildman–Crippen MR) is 64.4 cm³/mol.